The molecule has 7 heteroatoms. The minimum Gasteiger partial charge on any atom is -0.496 e. The van der Waals surface area contributed by atoms with Crippen LogP contribution in [0.3, 0.4) is 0 Å². The van der Waals surface area contributed by atoms with Gasteiger partial charge in [-0.15, -0.1) is 35.3 Å². The first-order valence-corrected chi connectivity index (χ1v) is 9.73. The molecule has 0 bridgehead atoms. The minimum absolute atomic E-state index is 0. The lowest BCUT2D eigenvalue weighted by atomic mass is 10.0. The lowest BCUT2D eigenvalue weighted by molar-refractivity contribution is 0.287. The second kappa shape index (κ2) is 12.2. The zero-order valence-electron chi connectivity index (χ0n) is 16.8. The average molecular weight is 502 g/mol. The summed E-state index contributed by atoms with van der Waals surface area (Å²) in [5.74, 6) is 1.74. The van der Waals surface area contributed by atoms with E-state index in [-0.39, 0.29) is 30.0 Å². The van der Waals surface area contributed by atoms with Gasteiger partial charge in [0.15, 0.2) is 5.96 Å². The normalized spacial score (nSPS) is 12.4. The molecule has 0 fully saturated rings. The number of thiophene rings is 1. The van der Waals surface area contributed by atoms with Crippen molar-refractivity contribution in [2.24, 2.45) is 4.99 Å². The van der Waals surface area contributed by atoms with E-state index in [1.165, 1.54) is 9.75 Å². The van der Waals surface area contributed by atoms with Crippen LogP contribution in [0, 0.1) is 6.92 Å². The first kappa shape index (κ1) is 23.7. The van der Waals surface area contributed by atoms with Gasteiger partial charge in [-0.2, -0.15) is 0 Å². The van der Waals surface area contributed by atoms with Crippen molar-refractivity contribution in [3.05, 3.63) is 51.7 Å². The number of guanidine groups is 1. The number of halogens is 1. The monoisotopic (exact) mass is 502 g/mol. The second-order valence-electron chi connectivity index (χ2n) is 6.31. The van der Waals surface area contributed by atoms with Crippen LogP contribution in [-0.2, 0) is 6.54 Å². The van der Waals surface area contributed by atoms with Gasteiger partial charge in [-0.05, 0) is 46.1 Å². The van der Waals surface area contributed by atoms with Crippen molar-refractivity contribution in [2.75, 3.05) is 34.3 Å². The highest BCUT2D eigenvalue weighted by atomic mass is 127. The fourth-order valence-corrected chi connectivity index (χ4v) is 3.59. The van der Waals surface area contributed by atoms with Crippen LogP contribution in [0.5, 0.6) is 5.75 Å². The molecule has 2 N–H and O–H groups in total. The van der Waals surface area contributed by atoms with E-state index >= 15 is 0 Å². The van der Waals surface area contributed by atoms with E-state index in [0.29, 0.717) is 6.54 Å². The Hall–Kier alpha value is -1.32. The van der Waals surface area contributed by atoms with Crippen molar-refractivity contribution in [3.63, 3.8) is 0 Å². The summed E-state index contributed by atoms with van der Waals surface area (Å²) in [6, 6.07) is 12.6. The molecule has 2 aromatic rings. The minimum atomic E-state index is 0. The van der Waals surface area contributed by atoms with Crippen LogP contribution in [0.15, 0.2) is 41.4 Å². The summed E-state index contributed by atoms with van der Waals surface area (Å²) < 4.78 is 5.54. The third-order valence-electron chi connectivity index (χ3n) is 4.12. The van der Waals surface area contributed by atoms with Crippen LogP contribution < -0.4 is 15.4 Å². The molecule has 1 unspecified atom stereocenters. The summed E-state index contributed by atoms with van der Waals surface area (Å²) in [6.07, 6.45) is 0. The van der Waals surface area contributed by atoms with E-state index < -0.39 is 0 Å². The smallest absolute Gasteiger partial charge is 0.191 e. The summed E-state index contributed by atoms with van der Waals surface area (Å²) in [6.45, 7) is 6.46. The predicted octanol–water partition coefficient (Wildman–Crippen LogP) is 4.04. The topological polar surface area (TPSA) is 48.9 Å². The fraction of sp³-hybridized carbons (Fsp3) is 0.450. The van der Waals surface area contributed by atoms with Crippen molar-refractivity contribution < 1.29 is 4.74 Å². The van der Waals surface area contributed by atoms with Crippen LogP contribution in [0.4, 0.5) is 0 Å². The Morgan fingerprint density at radius 2 is 1.93 bits per heavy atom. The summed E-state index contributed by atoms with van der Waals surface area (Å²) in [7, 11) is 5.88. The third-order valence-corrected chi connectivity index (χ3v) is 5.10. The highest BCUT2D eigenvalue weighted by Gasteiger charge is 2.18. The van der Waals surface area contributed by atoms with Gasteiger partial charge in [0.25, 0.3) is 0 Å². The third kappa shape index (κ3) is 7.31. The van der Waals surface area contributed by atoms with Gasteiger partial charge in [0.1, 0.15) is 5.75 Å². The molecule has 0 aliphatic heterocycles. The lowest BCUT2D eigenvalue weighted by Crippen LogP contribution is -2.41. The van der Waals surface area contributed by atoms with Gasteiger partial charge in [-0.25, -0.2) is 4.99 Å². The Kier molecular flexibility index (Phi) is 10.7. The van der Waals surface area contributed by atoms with Gasteiger partial charge in [0.2, 0.25) is 0 Å². The number of likely N-dealkylation sites (N-methyl/N-ethyl adjacent to an activating group) is 1. The first-order valence-electron chi connectivity index (χ1n) is 8.92. The molecule has 1 heterocycles. The van der Waals surface area contributed by atoms with Gasteiger partial charge in [-0.1, -0.05) is 18.2 Å². The largest absolute Gasteiger partial charge is 0.496 e. The zero-order valence-corrected chi connectivity index (χ0v) is 19.9. The average Bonchev–Trinajstić information content (AvgIpc) is 3.05. The number of nitrogens with zero attached hydrogens (tertiary/aromatic N) is 2. The molecule has 150 valence electrons. The number of aryl methyl sites for hydroxylation is 1. The Bertz CT molecular complexity index is 718. The molecule has 0 amide bonds. The Labute approximate surface area is 184 Å². The molecule has 0 saturated heterocycles. The number of aliphatic imine (C=N–C) groups is 1. The molecule has 1 atom stereocenters. The summed E-state index contributed by atoms with van der Waals surface area (Å²) in [5.41, 5.74) is 1.16. The maximum atomic E-state index is 5.54. The van der Waals surface area contributed by atoms with Crippen molar-refractivity contribution in [3.8, 4) is 5.75 Å². The first-order chi connectivity index (χ1) is 12.5. The number of rotatable bonds is 8. The van der Waals surface area contributed by atoms with Gasteiger partial charge >= 0.3 is 0 Å². The number of para-hydroxylation sites is 1. The highest BCUT2D eigenvalue weighted by Crippen LogP contribution is 2.27. The number of ether oxygens (including phenoxy) is 1. The molecule has 5 nitrogen and oxygen atoms in total. The number of hydrogen-bond acceptors (Lipinski definition) is 4. The molecule has 1 aromatic heterocycles. The van der Waals surface area contributed by atoms with E-state index in [0.717, 1.165) is 30.4 Å². The van der Waals surface area contributed by atoms with Crippen LogP contribution in [0.1, 0.15) is 28.3 Å². The molecular formula is C20H31IN4OS. The number of benzene rings is 1. The second-order valence-corrected chi connectivity index (χ2v) is 7.68. The predicted molar refractivity (Wildman–Crippen MR) is 127 cm³/mol. The van der Waals surface area contributed by atoms with Crippen molar-refractivity contribution in [1.82, 2.24) is 15.5 Å². The molecule has 1 aromatic carbocycles. The molecule has 27 heavy (non-hydrogen) atoms. The Morgan fingerprint density at radius 3 is 2.52 bits per heavy atom. The summed E-state index contributed by atoms with van der Waals surface area (Å²) in [5, 5.41) is 6.80. The maximum Gasteiger partial charge on any atom is 0.191 e. The van der Waals surface area contributed by atoms with Gasteiger partial charge in [-0.3, -0.25) is 0 Å². The van der Waals surface area contributed by atoms with E-state index in [4.69, 9.17) is 9.73 Å². The van der Waals surface area contributed by atoms with Crippen LogP contribution in [0.2, 0.25) is 0 Å². The van der Waals surface area contributed by atoms with Gasteiger partial charge in [0, 0.05) is 28.4 Å². The van der Waals surface area contributed by atoms with Crippen molar-refractivity contribution in [2.45, 2.75) is 26.4 Å². The van der Waals surface area contributed by atoms with Crippen molar-refractivity contribution >= 4 is 41.3 Å². The number of methoxy groups -OCH3 is 1. The summed E-state index contributed by atoms with van der Waals surface area (Å²) >= 11 is 1.79. The zero-order chi connectivity index (χ0) is 18.9. The fourth-order valence-electron chi connectivity index (χ4n) is 2.77. The van der Waals surface area contributed by atoms with Gasteiger partial charge in [0.05, 0.1) is 19.7 Å². The van der Waals surface area contributed by atoms with E-state index in [9.17, 15) is 0 Å². The van der Waals surface area contributed by atoms with Crippen LogP contribution in [-0.4, -0.2) is 45.2 Å². The molecule has 0 spiro atoms. The summed E-state index contributed by atoms with van der Waals surface area (Å²) in [4.78, 5) is 9.50. The Morgan fingerprint density at radius 1 is 1.19 bits per heavy atom. The molecule has 0 aliphatic carbocycles. The molecule has 0 saturated carbocycles. The van der Waals surface area contributed by atoms with E-state index in [1.54, 1.807) is 18.4 Å². The SMILES string of the molecule is CCNC(=NCc1ccc(C)s1)NCC(c1ccccc1OC)N(C)C.I. The van der Waals surface area contributed by atoms with Crippen molar-refractivity contribution in [1.29, 1.82) is 0 Å². The van der Waals surface area contributed by atoms with E-state index in [1.807, 2.05) is 18.2 Å². The van der Waals surface area contributed by atoms with Crippen LogP contribution >= 0.6 is 35.3 Å². The molecule has 2 rings (SSSR count). The van der Waals surface area contributed by atoms with Crippen LogP contribution in [0.25, 0.3) is 0 Å². The lowest BCUT2D eigenvalue weighted by Gasteiger charge is -2.27. The van der Waals surface area contributed by atoms with E-state index in [2.05, 4.69) is 61.7 Å². The number of hydrogen-bond donors (Lipinski definition) is 2. The molecular weight excluding hydrogens is 471 g/mol. The van der Waals surface area contributed by atoms with Gasteiger partial charge < -0.3 is 20.3 Å². The standard InChI is InChI=1S/C20H30N4OS.HI/c1-6-21-20(22-13-16-12-11-15(2)26-16)23-14-18(24(3)4)17-9-7-8-10-19(17)25-5;/h7-12,18H,6,13-14H2,1-5H3,(H2,21,22,23);1H. The molecule has 0 aliphatic rings. The quantitative estimate of drug-likeness (QED) is 0.325. The maximum absolute atomic E-state index is 5.54. The Balaban J connectivity index is 0.00000364. The molecule has 0 radical (unpaired) electrons. The number of nitrogens with one attached hydrogen (secondary N) is 2. The highest BCUT2D eigenvalue weighted by molar-refractivity contribution is 14.0.